The van der Waals surface area contributed by atoms with Crippen LogP contribution in [0.15, 0.2) is 42.6 Å². The minimum Gasteiger partial charge on any atom is -0.363 e. The lowest BCUT2D eigenvalue weighted by molar-refractivity contribution is -0.140. The number of para-hydroxylation sites is 1. The Hall–Kier alpha value is -2.80. The molecule has 3 heterocycles. The van der Waals surface area contributed by atoms with Gasteiger partial charge in [-0.2, -0.15) is 0 Å². The molecule has 0 N–H and O–H groups in total. The number of nitrogens with zero attached hydrogens (tertiary/aromatic N) is 4. The first-order valence-electron chi connectivity index (χ1n) is 9.65. The van der Waals surface area contributed by atoms with E-state index in [1.165, 1.54) is 0 Å². The van der Waals surface area contributed by atoms with Gasteiger partial charge >= 0.3 is 0 Å². The Morgan fingerprint density at radius 1 is 1.14 bits per heavy atom. The predicted octanol–water partition coefficient (Wildman–Crippen LogP) is 2.21. The van der Waals surface area contributed by atoms with E-state index in [1.54, 1.807) is 17.2 Å². The molecule has 2 aliphatic rings. The summed E-state index contributed by atoms with van der Waals surface area (Å²) in [7, 11) is 0. The molecule has 28 heavy (non-hydrogen) atoms. The van der Waals surface area contributed by atoms with Gasteiger partial charge in [-0.05, 0) is 44.4 Å². The highest BCUT2D eigenvalue weighted by atomic mass is 16.5. The molecule has 1 aromatic heterocycles. The van der Waals surface area contributed by atoms with Gasteiger partial charge in [-0.1, -0.05) is 18.2 Å². The molecule has 1 atom stereocenters. The summed E-state index contributed by atoms with van der Waals surface area (Å²) in [5.41, 5.74) is 1.24. The van der Waals surface area contributed by atoms with E-state index >= 15 is 0 Å². The third-order valence-corrected chi connectivity index (χ3v) is 5.49. The lowest BCUT2D eigenvalue weighted by Crippen LogP contribution is -2.55. The van der Waals surface area contributed by atoms with E-state index in [-0.39, 0.29) is 24.2 Å². The molecule has 4 rings (SSSR count). The Morgan fingerprint density at radius 2 is 1.96 bits per heavy atom. The summed E-state index contributed by atoms with van der Waals surface area (Å²) < 4.78 is 6.04. The fraction of sp³-hybridized carbons (Fsp3) is 0.429. The monoisotopic (exact) mass is 380 g/mol. The van der Waals surface area contributed by atoms with Crippen molar-refractivity contribution in [1.29, 1.82) is 0 Å². The van der Waals surface area contributed by atoms with Crippen molar-refractivity contribution < 1.29 is 14.3 Å². The van der Waals surface area contributed by atoms with Crippen molar-refractivity contribution in [3.05, 3.63) is 54.1 Å². The molecule has 146 valence electrons. The maximum absolute atomic E-state index is 12.8. The molecular formula is C21H24N4O3. The molecule has 2 fully saturated rings. The summed E-state index contributed by atoms with van der Waals surface area (Å²) in [6, 6.07) is 11.5. The van der Waals surface area contributed by atoms with E-state index in [0.717, 1.165) is 24.2 Å². The molecule has 2 aromatic rings. The summed E-state index contributed by atoms with van der Waals surface area (Å²) >= 11 is 0. The highest BCUT2D eigenvalue weighted by Crippen LogP contribution is 2.33. The average molecular weight is 380 g/mol. The van der Waals surface area contributed by atoms with Crippen LogP contribution < -0.4 is 4.90 Å². The van der Waals surface area contributed by atoms with Crippen LogP contribution in [0.2, 0.25) is 0 Å². The molecule has 1 aromatic carbocycles. The fourth-order valence-corrected chi connectivity index (χ4v) is 3.92. The third kappa shape index (κ3) is 3.75. The number of amides is 2. The Labute approximate surface area is 164 Å². The minimum absolute atomic E-state index is 0.0258. The van der Waals surface area contributed by atoms with E-state index in [0.29, 0.717) is 26.1 Å². The highest BCUT2D eigenvalue weighted by molar-refractivity contribution is 5.95. The van der Waals surface area contributed by atoms with Crippen LogP contribution in [-0.4, -0.2) is 58.5 Å². The summed E-state index contributed by atoms with van der Waals surface area (Å²) in [5.74, 6) is 0.0660. The first-order valence-corrected chi connectivity index (χ1v) is 9.65. The average Bonchev–Trinajstić information content (AvgIpc) is 2.93. The number of hydrogen-bond acceptors (Lipinski definition) is 5. The highest BCUT2D eigenvalue weighted by Gasteiger charge is 2.42. The maximum atomic E-state index is 12.8. The minimum atomic E-state index is -0.424. The first-order chi connectivity index (χ1) is 13.6. The molecule has 0 saturated carbocycles. The number of aromatic nitrogens is 2. The number of aryl methyl sites for hydroxylation is 1. The zero-order valence-electron chi connectivity index (χ0n) is 16.0. The molecule has 0 aliphatic carbocycles. The number of hydrogen-bond donors (Lipinski definition) is 0. The third-order valence-electron chi connectivity index (χ3n) is 5.49. The number of benzene rings is 1. The fourth-order valence-electron chi connectivity index (χ4n) is 3.92. The molecule has 0 radical (unpaired) electrons. The molecule has 7 heteroatoms. The van der Waals surface area contributed by atoms with Gasteiger partial charge in [0, 0.05) is 30.7 Å². The number of likely N-dealkylation sites (tertiary alicyclic amines) is 1. The molecule has 1 spiro atoms. The van der Waals surface area contributed by atoms with Crippen LogP contribution in [0.1, 0.15) is 35.6 Å². The smallest absolute Gasteiger partial charge is 0.291 e. The number of morpholine rings is 1. The molecule has 1 unspecified atom stereocenters. The van der Waals surface area contributed by atoms with Gasteiger partial charge in [-0.25, -0.2) is 9.97 Å². The van der Waals surface area contributed by atoms with Crippen LogP contribution >= 0.6 is 0 Å². The van der Waals surface area contributed by atoms with Gasteiger partial charge in [0.1, 0.15) is 6.61 Å². The van der Waals surface area contributed by atoms with Crippen LogP contribution in [0, 0.1) is 6.92 Å². The van der Waals surface area contributed by atoms with Crippen LogP contribution in [0.5, 0.6) is 0 Å². The van der Waals surface area contributed by atoms with Crippen LogP contribution in [0.3, 0.4) is 0 Å². The van der Waals surface area contributed by atoms with Gasteiger partial charge in [0.15, 0.2) is 0 Å². The van der Waals surface area contributed by atoms with E-state index in [4.69, 9.17) is 4.74 Å². The van der Waals surface area contributed by atoms with Crippen LogP contribution in [-0.2, 0) is 9.53 Å². The molecule has 2 aliphatic heterocycles. The largest absolute Gasteiger partial charge is 0.363 e. The number of rotatable bonds is 2. The van der Waals surface area contributed by atoms with Gasteiger partial charge in [0.25, 0.3) is 11.8 Å². The van der Waals surface area contributed by atoms with Gasteiger partial charge in [-0.15, -0.1) is 0 Å². The molecule has 7 nitrogen and oxygen atoms in total. The summed E-state index contributed by atoms with van der Waals surface area (Å²) in [6.45, 7) is 3.64. The first kappa shape index (κ1) is 18.6. The van der Waals surface area contributed by atoms with Crippen molar-refractivity contribution in [2.45, 2.75) is 31.8 Å². The quantitative estimate of drug-likeness (QED) is 0.799. The standard InChI is InChI=1S/C21H24N4O3/c1-16-8-11-22-19(23-16)20(27)24-12-5-9-21(10-13-24)15-25(18(26)14-28-21)17-6-3-2-4-7-17/h2-4,6-8,11H,5,9-10,12-15H2,1H3. The van der Waals surface area contributed by atoms with Crippen molar-refractivity contribution in [3.63, 3.8) is 0 Å². The van der Waals surface area contributed by atoms with Crippen molar-refractivity contribution in [2.75, 3.05) is 31.1 Å². The van der Waals surface area contributed by atoms with E-state index in [2.05, 4.69) is 9.97 Å². The summed E-state index contributed by atoms with van der Waals surface area (Å²) in [6.07, 6.45) is 3.92. The number of anilines is 1. The molecule has 2 amide bonds. The summed E-state index contributed by atoms with van der Waals surface area (Å²) in [4.78, 5) is 37.2. The zero-order valence-corrected chi connectivity index (χ0v) is 16.0. The van der Waals surface area contributed by atoms with Crippen molar-refractivity contribution in [2.24, 2.45) is 0 Å². The molecule has 2 saturated heterocycles. The van der Waals surface area contributed by atoms with Crippen LogP contribution in [0.25, 0.3) is 0 Å². The van der Waals surface area contributed by atoms with E-state index in [1.807, 2.05) is 42.2 Å². The lowest BCUT2D eigenvalue weighted by atomic mass is 9.92. The Kier molecular flexibility index (Phi) is 5.09. The van der Waals surface area contributed by atoms with Crippen molar-refractivity contribution in [1.82, 2.24) is 14.9 Å². The van der Waals surface area contributed by atoms with Crippen LogP contribution in [0.4, 0.5) is 5.69 Å². The zero-order chi connectivity index (χ0) is 19.6. The summed E-state index contributed by atoms with van der Waals surface area (Å²) in [5, 5.41) is 0. The molecular weight excluding hydrogens is 356 g/mol. The van der Waals surface area contributed by atoms with Crippen molar-refractivity contribution in [3.8, 4) is 0 Å². The number of carbonyl (C=O) groups excluding carboxylic acids is 2. The van der Waals surface area contributed by atoms with Gasteiger partial charge in [0.05, 0.1) is 12.1 Å². The normalized spacial score (nSPS) is 23.0. The predicted molar refractivity (Wildman–Crippen MR) is 104 cm³/mol. The Morgan fingerprint density at radius 3 is 2.75 bits per heavy atom. The second-order valence-electron chi connectivity index (χ2n) is 7.45. The second-order valence-corrected chi connectivity index (χ2v) is 7.45. The maximum Gasteiger partial charge on any atom is 0.291 e. The Bertz CT molecular complexity index is 873. The van der Waals surface area contributed by atoms with Gasteiger partial charge < -0.3 is 14.5 Å². The number of carbonyl (C=O) groups is 2. The van der Waals surface area contributed by atoms with Gasteiger partial charge in [0.2, 0.25) is 5.82 Å². The lowest BCUT2D eigenvalue weighted by Gasteiger charge is -2.42. The Balaban J connectivity index is 1.48. The van der Waals surface area contributed by atoms with E-state index in [9.17, 15) is 9.59 Å². The van der Waals surface area contributed by atoms with Gasteiger partial charge in [-0.3, -0.25) is 9.59 Å². The molecule has 0 bridgehead atoms. The second kappa shape index (κ2) is 7.67. The SMILES string of the molecule is Cc1ccnc(C(=O)N2CCCC3(CC2)CN(c2ccccc2)C(=O)CO3)n1. The van der Waals surface area contributed by atoms with Crippen molar-refractivity contribution >= 4 is 17.5 Å². The number of ether oxygens (including phenoxy) is 1. The van der Waals surface area contributed by atoms with E-state index < -0.39 is 5.60 Å². The topological polar surface area (TPSA) is 75.6 Å².